The summed E-state index contributed by atoms with van der Waals surface area (Å²) in [5, 5.41) is 4.03. The van der Waals surface area contributed by atoms with Gasteiger partial charge in [-0.25, -0.2) is 0 Å². The fourth-order valence-corrected chi connectivity index (χ4v) is 2.46. The van der Waals surface area contributed by atoms with Crippen molar-refractivity contribution in [1.29, 1.82) is 0 Å². The molecular weight excluding hydrogens is 270 g/mol. The molecule has 1 aromatic rings. The topological polar surface area (TPSA) is 18.5 Å². The molecule has 0 bridgehead atoms. The van der Waals surface area contributed by atoms with Gasteiger partial charge in [-0.05, 0) is 50.8 Å². The van der Waals surface area contributed by atoms with E-state index in [0.29, 0.717) is 5.92 Å². The second kappa shape index (κ2) is 8.50. The standard InChI is InChI=1S/C16H28ClN3/c1-13(2)12-20(9-8-19(4)5)16-7-6-15(17)10-14(16)11-18-3/h6-7,10,13,18H,8-9,11-12H2,1-5H3. The van der Waals surface area contributed by atoms with E-state index in [1.807, 2.05) is 13.1 Å². The zero-order valence-corrected chi connectivity index (χ0v) is 14.2. The molecule has 0 aliphatic rings. The first kappa shape index (κ1) is 17.3. The third-order valence-corrected chi connectivity index (χ3v) is 3.39. The fourth-order valence-electron chi connectivity index (χ4n) is 2.27. The van der Waals surface area contributed by atoms with Crippen molar-refractivity contribution in [3.63, 3.8) is 0 Å². The minimum atomic E-state index is 0.635. The Hall–Kier alpha value is -0.770. The Balaban J connectivity index is 2.98. The maximum atomic E-state index is 6.14. The highest BCUT2D eigenvalue weighted by atomic mass is 35.5. The van der Waals surface area contributed by atoms with Crippen LogP contribution in [0.1, 0.15) is 19.4 Å². The molecule has 0 unspecified atom stereocenters. The molecule has 0 aliphatic carbocycles. The zero-order chi connectivity index (χ0) is 15.1. The molecule has 0 heterocycles. The highest BCUT2D eigenvalue weighted by Gasteiger charge is 2.13. The van der Waals surface area contributed by atoms with Crippen molar-refractivity contribution >= 4 is 17.3 Å². The summed E-state index contributed by atoms with van der Waals surface area (Å²) in [6, 6.07) is 6.20. The van der Waals surface area contributed by atoms with Gasteiger partial charge in [-0.15, -0.1) is 0 Å². The van der Waals surface area contributed by atoms with Gasteiger partial charge >= 0.3 is 0 Å². The average molecular weight is 298 g/mol. The number of benzene rings is 1. The van der Waals surface area contributed by atoms with Crippen LogP contribution in [0.3, 0.4) is 0 Å². The molecular formula is C16H28ClN3. The van der Waals surface area contributed by atoms with E-state index in [0.717, 1.165) is 31.2 Å². The van der Waals surface area contributed by atoms with Gasteiger partial charge in [-0.3, -0.25) is 0 Å². The second-order valence-corrected chi connectivity index (χ2v) is 6.38. The van der Waals surface area contributed by atoms with Gasteiger partial charge in [0, 0.05) is 36.9 Å². The first-order valence-electron chi connectivity index (χ1n) is 7.26. The van der Waals surface area contributed by atoms with Gasteiger partial charge < -0.3 is 15.1 Å². The Morgan fingerprint density at radius 1 is 1.20 bits per heavy atom. The molecule has 0 saturated carbocycles. The predicted molar refractivity (Wildman–Crippen MR) is 89.8 cm³/mol. The summed E-state index contributed by atoms with van der Waals surface area (Å²) in [7, 11) is 6.20. The van der Waals surface area contributed by atoms with E-state index in [9.17, 15) is 0 Å². The summed E-state index contributed by atoms with van der Waals surface area (Å²) >= 11 is 6.14. The molecule has 114 valence electrons. The number of hydrogen-bond donors (Lipinski definition) is 1. The lowest BCUT2D eigenvalue weighted by Gasteiger charge is -2.30. The van der Waals surface area contributed by atoms with E-state index in [1.54, 1.807) is 0 Å². The molecule has 3 nitrogen and oxygen atoms in total. The van der Waals surface area contributed by atoms with E-state index in [4.69, 9.17) is 11.6 Å². The molecule has 1 N–H and O–H groups in total. The van der Waals surface area contributed by atoms with E-state index in [-0.39, 0.29) is 0 Å². The minimum Gasteiger partial charge on any atom is -0.370 e. The summed E-state index contributed by atoms with van der Waals surface area (Å²) < 4.78 is 0. The first-order chi connectivity index (χ1) is 9.43. The molecule has 0 saturated heterocycles. The van der Waals surface area contributed by atoms with Crippen LogP contribution in [-0.2, 0) is 6.54 Å². The van der Waals surface area contributed by atoms with Crippen molar-refractivity contribution in [3.8, 4) is 0 Å². The van der Waals surface area contributed by atoms with Crippen molar-refractivity contribution in [2.75, 3.05) is 45.7 Å². The summed E-state index contributed by atoms with van der Waals surface area (Å²) in [6.07, 6.45) is 0. The van der Waals surface area contributed by atoms with Crippen LogP contribution in [-0.4, -0.2) is 45.7 Å². The van der Waals surface area contributed by atoms with Crippen molar-refractivity contribution in [1.82, 2.24) is 10.2 Å². The second-order valence-electron chi connectivity index (χ2n) is 5.95. The molecule has 0 aliphatic heterocycles. The smallest absolute Gasteiger partial charge is 0.0413 e. The number of anilines is 1. The maximum Gasteiger partial charge on any atom is 0.0413 e. The lowest BCUT2D eigenvalue weighted by molar-refractivity contribution is 0.409. The van der Waals surface area contributed by atoms with Crippen LogP contribution in [0.2, 0.25) is 5.02 Å². The number of hydrogen-bond acceptors (Lipinski definition) is 3. The largest absolute Gasteiger partial charge is 0.370 e. The number of likely N-dealkylation sites (N-methyl/N-ethyl adjacent to an activating group) is 1. The minimum absolute atomic E-state index is 0.635. The molecule has 0 radical (unpaired) electrons. The Morgan fingerprint density at radius 2 is 1.90 bits per heavy atom. The Labute approximate surface area is 128 Å². The molecule has 0 atom stereocenters. The SMILES string of the molecule is CNCc1cc(Cl)ccc1N(CCN(C)C)CC(C)C. The summed E-state index contributed by atoms with van der Waals surface area (Å²) in [4.78, 5) is 4.69. The zero-order valence-electron chi connectivity index (χ0n) is 13.4. The summed E-state index contributed by atoms with van der Waals surface area (Å²) in [5.74, 6) is 0.635. The summed E-state index contributed by atoms with van der Waals surface area (Å²) in [5.41, 5.74) is 2.55. The molecule has 1 aromatic carbocycles. The highest BCUT2D eigenvalue weighted by molar-refractivity contribution is 6.30. The molecule has 0 amide bonds. The lowest BCUT2D eigenvalue weighted by atomic mass is 10.1. The Bertz CT molecular complexity index is 405. The van der Waals surface area contributed by atoms with Crippen molar-refractivity contribution in [3.05, 3.63) is 28.8 Å². The number of halogens is 1. The van der Waals surface area contributed by atoms with Gasteiger partial charge in [0.15, 0.2) is 0 Å². The average Bonchev–Trinajstić information content (AvgIpc) is 2.35. The number of nitrogens with zero attached hydrogens (tertiary/aromatic N) is 2. The quantitative estimate of drug-likeness (QED) is 0.795. The van der Waals surface area contributed by atoms with E-state index in [1.165, 1.54) is 11.3 Å². The van der Waals surface area contributed by atoms with Crippen LogP contribution in [0.4, 0.5) is 5.69 Å². The molecule has 0 fully saturated rings. The van der Waals surface area contributed by atoms with Crippen LogP contribution in [0.25, 0.3) is 0 Å². The van der Waals surface area contributed by atoms with Crippen molar-refractivity contribution in [2.24, 2.45) is 5.92 Å². The Kier molecular flexibility index (Phi) is 7.35. The Morgan fingerprint density at radius 3 is 2.45 bits per heavy atom. The monoisotopic (exact) mass is 297 g/mol. The van der Waals surface area contributed by atoms with Gasteiger partial charge in [0.1, 0.15) is 0 Å². The fraction of sp³-hybridized carbons (Fsp3) is 0.625. The van der Waals surface area contributed by atoms with Crippen LogP contribution < -0.4 is 10.2 Å². The van der Waals surface area contributed by atoms with Gasteiger partial charge in [0.2, 0.25) is 0 Å². The highest BCUT2D eigenvalue weighted by Crippen LogP contribution is 2.25. The van der Waals surface area contributed by atoms with Gasteiger partial charge in [-0.1, -0.05) is 25.4 Å². The molecule has 0 spiro atoms. The van der Waals surface area contributed by atoms with E-state index >= 15 is 0 Å². The number of rotatable bonds is 8. The van der Waals surface area contributed by atoms with Gasteiger partial charge in [-0.2, -0.15) is 0 Å². The van der Waals surface area contributed by atoms with Gasteiger partial charge in [0.25, 0.3) is 0 Å². The van der Waals surface area contributed by atoms with Crippen LogP contribution in [0, 0.1) is 5.92 Å². The third-order valence-electron chi connectivity index (χ3n) is 3.15. The normalized spacial score (nSPS) is 11.4. The van der Waals surface area contributed by atoms with Crippen LogP contribution >= 0.6 is 11.6 Å². The van der Waals surface area contributed by atoms with E-state index in [2.05, 4.69) is 55.2 Å². The molecule has 0 aromatic heterocycles. The summed E-state index contributed by atoms with van der Waals surface area (Å²) in [6.45, 7) is 8.50. The number of nitrogens with one attached hydrogen (secondary N) is 1. The van der Waals surface area contributed by atoms with Crippen molar-refractivity contribution in [2.45, 2.75) is 20.4 Å². The third kappa shape index (κ3) is 5.70. The molecule has 4 heteroatoms. The van der Waals surface area contributed by atoms with Crippen molar-refractivity contribution < 1.29 is 0 Å². The lowest BCUT2D eigenvalue weighted by Crippen LogP contribution is -2.35. The molecule has 20 heavy (non-hydrogen) atoms. The van der Waals surface area contributed by atoms with Crippen LogP contribution in [0.15, 0.2) is 18.2 Å². The maximum absolute atomic E-state index is 6.14. The first-order valence-corrected chi connectivity index (χ1v) is 7.64. The van der Waals surface area contributed by atoms with Crippen LogP contribution in [0.5, 0.6) is 0 Å². The van der Waals surface area contributed by atoms with E-state index < -0.39 is 0 Å². The predicted octanol–water partition coefficient (Wildman–Crippen LogP) is 3.08. The van der Waals surface area contributed by atoms with Gasteiger partial charge in [0.05, 0.1) is 0 Å². The molecule has 1 rings (SSSR count).